The maximum absolute atomic E-state index is 12.6. The molecule has 7 nitrogen and oxygen atoms in total. The summed E-state index contributed by atoms with van der Waals surface area (Å²) in [5.41, 5.74) is -0.855. The third-order valence-corrected chi connectivity index (χ3v) is 7.75. The molecular formula is C14H18N2O5S2. The second-order valence-electron chi connectivity index (χ2n) is 6.01. The number of rotatable bonds is 6. The van der Waals surface area contributed by atoms with Crippen molar-refractivity contribution in [3.8, 4) is 0 Å². The highest BCUT2D eigenvalue weighted by Crippen LogP contribution is 2.45. The Balaban J connectivity index is 1.69. The Morgan fingerprint density at radius 2 is 2.17 bits per heavy atom. The molecule has 1 aliphatic carbocycles. The molecule has 1 saturated carbocycles. The molecule has 3 rings (SSSR count). The van der Waals surface area contributed by atoms with Crippen LogP contribution in [0.1, 0.15) is 25.7 Å². The van der Waals surface area contributed by atoms with E-state index in [9.17, 15) is 18.0 Å². The molecule has 126 valence electrons. The summed E-state index contributed by atoms with van der Waals surface area (Å²) >= 11 is 1.12. The number of amides is 1. The van der Waals surface area contributed by atoms with Gasteiger partial charge < -0.3 is 10.4 Å². The molecule has 0 aromatic carbocycles. The molecule has 1 aromatic heterocycles. The van der Waals surface area contributed by atoms with Gasteiger partial charge in [-0.25, -0.2) is 8.42 Å². The monoisotopic (exact) mass is 358 g/mol. The van der Waals surface area contributed by atoms with Gasteiger partial charge in [-0.05, 0) is 37.1 Å². The van der Waals surface area contributed by atoms with E-state index in [2.05, 4.69) is 5.32 Å². The van der Waals surface area contributed by atoms with Crippen LogP contribution in [-0.4, -0.2) is 48.8 Å². The van der Waals surface area contributed by atoms with E-state index in [1.807, 2.05) is 0 Å². The smallest absolute Gasteiger partial charge is 0.311 e. The summed E-state index contributed by atoms with van der Waals surface area (Å²) in [6, 6.07) is 2.43. The Kier molecular flexibility index (Phi) is 4.19. The molecule has 1 aromatic rings. The van der Waals surface area contributed by atoms with E-state index in [1.54, 1.807) is 11.4 Å². The predicted octanol–water partition coefficient (Wildman–Crippen LogP) is 0.882. The molecule has 1 saturated heterocycles. The second-order valence-corrected chi connectivity index (χ2v) is 9.07. The molecule has 0 radical (unpaired) electrons. The number of hydrogen-bond donors (Lipinski definition) is 2. The Bertz CT molecular complexity index is 710. The fourth-order valence-corrected chi connectivity index (χ4v) is 5.58. The fourth-order valence-electron chi connectivity index (χ4n) is 2.81. The van der Waals surface area contributed by atoms with Crippen molar-refractivity contribution in [3.63, 3.8) is 0 Å². The highest BCUT2D eigenvalue weighted by Gasteiger charge is 2.51. The van der Waals surface area contributed by atoms with Crippen LogP contribution in [0, 0.1) is 5.41 Å². The molecule has 2 heterocycles. The zero-order valence-corrected chi connectivity index (χ0v) is 14.0. The Morgan fingerprint density at radius 3 is 2.74 bits per heavy atom. The first-order chi connectivity index (χ1) is 10.9. The van der Waals surface area contributed by atoms with Gasteiger partial charge in [0.2, 0.25) is 5.91 Å². The summed E-state index contributed by atoms with van der Waals surface area (Å²) in [4.78, 5) is 23.5. The minimum atomic E-state index is -3.67. The highest BCUT2D eigenvalue weighted by atomic mass is 32.2. The maximum Gasteiger partial charge on any atom is 0.311 e. The van der Waals surface area contributed by atoms with Crippen molar-refractivity contribution in [2.24, 2.45) is 5.41 Å². The summed E-state index contributed by atoms with van der Waals surface area (Å²) in [5, 5.41) is 13.4. The van der Waals surface area contributed by atoms with Gasteiger partial charge in [0.25, 0.3) is 10.0 Å². The molecule has 1 aliphatic heterocycles. The topological polar surface area (TPSA) is 104 Å². The van der Waals surface area contributed by atoms with E-state index < -0.39 is 33.4 Å². The van der Waals surface area contributed by atoms with E-state index in [1.165, 1.54) is 10.4 Å². The number of hydrogen-bond acceptors (Lipinski definition) is 5. The molecular weight excluding hydrogens is 340 g/mol. The first-order valence-corrected chi connectivity index (χ1v) is 9.75. The molecule has 1 atom stereocenters. The molecule has 2 aliphatic rings. The number of carboxylic acids is 1. The predicted molar refractivity (Wildman–Crippen MR) is 83.5 cm³/mol. The summed E-state index contributed by atoms with van der Waals surface area (Å²) < 4.78 is 26.6. The lowest BCUT2D eigenvalue weighted by Crippen LogP contribution is -2.47. The average molecular weight is 358 g/mol. The van der Waals surface area contributed by atoms with Crippen LogP contribution in [0.4, 0.5) is 0 Å². The number of thiophene rings is 1. The molecule has 2 N–H and O–H groups in total. The van der Waals surface area contributed by atoms with E-state index in [0.717, 1.165) is 11.3 Å². The van der Waals surface area contributed by atoms with Gasteiger partial charge in [-0.2, -0.15) is 4.31 Å². The van der Waals surface area contributed by atoms with Gasteiger partial charge in [0.15, 0.2) is 0 Å². The lowest BCUT2D eigenvalue weighted by atomic mass is 10.1. The first kappa shape index (κ1) is 16.4. The largest absolute Gasteiger partial charge is 0.481 e. The van der Waals surface area contributed by atoms with Gasteiger partial charge in [0, 0.05) is 13.1 Å². The van der Waals surface area contributed by atoms with Crippen LogP contribution in [0.3, 0.4) is 0 Å². The normalized spacial score (nSPS) is 23.6. The van der Waals surface area contributed by atoms with Gasteiger partial charge in [0.1, 0.15) is 10.3 Å². The van der Waals surface area contributed by atoms with Crippen molar-refractivity contribution in [1.29, 1.82) is 0 Å². The van der Waals surface area contributed by atoms with Gasteiger partial charge in [-0.3, -0.25) is 9.59 Å². The second kappa shape index (κ2) is 5.88. The van der Waals surface area contributed by atoms with E-state index in [0.29, 0.717) is 32.2 Å². The Hall–Kier alpha value is -1.45. The van der Waals surface area contributed by atoms with Crippen LogP contribution in [0.5, 0.6) is 0 Å². The zero-order chi connectivity index (χ0) is 16.7. The van der Waals surface area contributed by atoms with Crippen molar-refractivity contribution in [2.75, 3.05) is 13.1 Å². The average Bonchev–Trinajstić information content (AvgIpc) is 2.96. The number of carbonyl (C=O) groups excluding carboxylic acids is 1. The van der Waals surface area contributed by atoms with Crippen LogP contribution in [-0.2, 0) is 19.6 Å². The molecule has 1 amide bonds. The number of carboxylic acid groups (broad SMARTS) is 1. The minimum absolute atomic E-state index is 0.0601. The molecule has 1 unspecified atom stereocenters. The zero-order valence-electron chi connectivity index (χ0n) is 12.4. The fraction of sp³-hybridized carbons (Fsp3) is 0.571. The molecule has 0 bridgehead atoms. The van der Waals surface area contributed by atoms with E-state index >= 15 is 0 Å². The van der Waals surface area contributed by atoms with E-state index in [-0.39, 0.29) is 10.8 Å². The number of carbonyl (C=O) groups is 2. The standard InChI is InChI=1S/C14H18N2O5S2/c17-12(15-9-14(5-6-14)13(18)19)10-3-1-7-16(10)23(20,21)11-4-2-8-22-11/h2,4,8,10H,1,3,5-7,9H2,(H,15,17)(H,18,19). The van der Waals surface area contributed by atoms with Gasteiger partial charge >= 0.3 is 5.97 Å². The van der Waals surface area contributed by atoms with Crippen LogP contribution in [0.2, 0.25) is 0 Å². The van der Waals surface area contributed by atoms with Crippen molar-refractivity contribution in [2.45, 2.75) is 35.9 Å². The number of nitrogens with zero attached hydrogens (tertiary/aromatic N) is 1. The molecule has 0 spiro atoms. The van der Waals surface area contributed by atoms with Crippen LogP contribution >= 0.6 is 11.3 Å². The lowest BCUT2D eigenvalue weighted by Gasteiger charge is -2.23. The molecule has 2 fully saturated rings. The molecule has 23 heavy (non-hydrogen) atoms. The quantitative estimate of drug-likeness (QED) is 0.786. The van der Waals surface area contributed by atoms with Crippen molar-refractivity contribution >= 4 is 33.2 Å². The number of sulfonamides is 1. The molecule has 9 heteroatoms. The van der Waals surface area contributed by atoms with Crippen molar-refractivity contribution in [1.82, 2.24) is 9.62 Å². The van der Waals surface area contributed by atoms with Crippen LogP contribution in [0.25, 0.3) is 0 Å². The van der Waals surface area contributed by atoms with Crippen LogP contribution in [0.15, 0.2) is 21.7 Å². The maximum atomic E-state index is 12.6. The van der Waals surface area contributed by atoms with Crippen LogP contribution < -0.4 is 5.32 Å². The number of aliphatic carboxylic acids is 1. The van der Waals surface area contributed by atoms with Gasteiger partial charge in [-0.15, -0.1) is 11.3 Å². The summed E-state index contributed by atoms with van der Waals surface area (Å²) in [5.74, 6) is -1.32. The van der Waals surface area contributed by atoms with Crippen molar-refractivity contribution < 1.29 is 23.1 Å². The number of nitrogens with one attached hydrogen (secondary N) is 1. The Morgan fingerprint density at radius 1 is 1.43 bits per heavy atom. The summed E-state index contributed by atoms with van der Waals surface area (Å²) in [6.07, 6.45) is 2.16. The van der Waals surface area contributed by atoms with E-state index in [4.69, 9.17) is 5.11 Å². The first-order valence-electron chi connectivity index (χ1n) is 7.43. The van der Waals surface area contributed by atoms with Crippen molar-refractivity contribution in [3.05, 3.63) is 17.5 Å². The Labute approximate surface area is 138 Å². The SMILES string of the molecule is O=C(NCC1(C(=O)O)CC1)C1CCCN1S(=O)(=O)c1cccs1. The van der Waals surface area contributed by atoms with Gasteiger partial charge in [-0.1, -0.05) is 6.07 Å². The van der Waals surface area contributed by atoms with Gasteiger partial charge in [0.05, 0.1) is 5.41 Å². The minimum Gasteiger partial charge on any atom is -0.481 e. The summed E-state index contributed by atoms with van der Waals surface area (Å²) in [7, 11) is -3.67. The lowest BCUT2D eigenvalue weighted by molar-refractivity contribution is -0.143. The third kappa shape index (κ3) is 3.00. The summed E-state index contributed by atoms with van der Waals surface area (Å²) in [6.45, 7) is 0.368. The highest BCUT2D eigenvalue weighted by molar-refractivity contribution is 7.91. The third-order valence-electron chi connectivity index (χ3n) is 4.47.